The number of hydrogen-bond acceptors (Lipinski definition) is 9. The summed E-state index contributed by atoms with van der Waals surface area (Å²) in [5.74, 6) is -2.68. The lowest BCUT2D eigenvalue weighted by molar-refractivity contribution is -0.141. The maximum absolute atomic E-state index is 14.1. The minimum absolute atomic E-state index is 0.0905. The SMILES string of the molecule is C=C[C@@H]1C[C@]1(NC(=O)[C@@H]1C[C@@H]2CN1C(=O)[C@H](CCCC)NC(=O)OCCCCCc1cccc(c1)NC(=O)O2)C(=O)NS(=O)(=O)C1CC1. The van der Waals surface area contributed by atoms with E-state index >= 15 is 0 Å². The number of benzene rings is 1. The first-order chi connectivity index (χ1) is 23.0. The fourth-order valence-corrected chi connectivity index (χ4v) is 7.68. The number of carbonyl (C=O) groups is 5. The van der Waals surface area contributed by atoms with Crippen molar-refractivity contribution in [1.82, 2.24) is 20.3 Å². The maximum Gasteiger partial charge on any atom is 0.411 e. The number of rotatable bonds is 9. The van der Waals surface area contributed by atoms with Gasteiger partial charge >= 0.3 is 12.2 Å². The number of nitrogens with zero attached hydrogens (tertiary/aromatic N) is 1. The van der Waals surface area contributed by atoms with Gasteiger partial charge in [-0.25, -0.2) is 18.0 Å². The molecule has 2 aliphatic carbocycles. The molecule has 2 aliphatic heterocycles. The van der Waals surface area contributed by atoms with Gasteiger partial charge in [-0.2, -0.15) is 0 Å². The standard InChI is InChI=1S/C33H45N5O9S/c1-3-5-13-26-29(40)38-20-24(47-32(43)34-23-12-9-11-21(17-23)10-7-6-8-16-46-31(42)35-26)18-27(38)28(39)36-33(19-22(33)4-2)30(41)37-48(44,45)25-14-15-25/h4,9,11-12,17,22,24-27H,2-3,5-8,10,13-16,18-20H2,1H3,(H,34,43)(H,35,42)(H,36,39)(H,37,41)/t22-,24-,26+,27+,33-/m1/s1. The van der Waals surface area contributed by atoms with Gasteiger partial charge in [0.15, 0.2) is 0 Å². The average molecular weight is 688 g/mol. The molecule has 5 atom stereocenters. The number of aryl methyl sites for hydroxylation is 1. The van der Waals surface area contributed by atoms with Crippen LogP contribution >= 0.6 is 0 Å². The van der Waals surface area contributed by atoms with E-state index in [-0.39, 0.29) is 32.4 Å². The molecule has 5 amide bonds. The summed E-state index contributed by atoms with van der Waals surface area (Å²) in [5, 5.41) is 7.45. The van der Waals surface area contributed by atoms with Gasteiger partial charge in [0.1, 0.15) is 23.7 Å². The number of nitrogens with one attached hydrogen (secondary N) is 4. The number of carbonyl (C=O) groups excluding carboxylic acids is 5. The highest BCUT2D eigenvalue weighted by Crippen LogP contribution is 2.45. The molecule has 4 bridgehead atoms. The van der Waals surface area contributed by atoms with E-state index in [0.717, 1.165) is 31.2 Å². The molecule has 4 aliphatic rings. The normalized spacial score (nSPS) is 28.3. The molecule has 4 N–H and O–H groups in total. The van der Waals surface area contributed by atoms with Gasteiger partial charge in [-0.3, -0.25) is 24.4 Å². The second kappa shape index (κ2) is 15.0. The van der Waals surface area contributed by atoms with Crippen molar-refractivity contribution in [3.63, 3.8) is 0 Å². The first kappa shape index (κ1) is 35.2. The molecule has 3 fully saturated rings. The van der Waals surface area contributed by atoms with Crippen molar-refractivity contribution in [2.24, 2.45) is 5.92 Å². The van der Waals surface area contributed by atoms with Crippen LogP contribution in [0, 0.1) is 5.92 Å². The highest BCUT2D eigenvalue weighted by Gasteiger charge is 2.62. The minimum atomic E-state index is -3.89. The molecule has 1 aromatic rings. The summed E-state index contributed by atoms with van der Waals surface area (Å²) < 4.78 is 38.3. The Hall–Kier alpha value is -4.14. The van der Waals surface area contributed by atoms with Crippen LogP contribution < -0.4 is 20.7 Å². The third-order valence-corrected chi connectivity index (χ3v) is 11.1. The Kier molecular flexibility index (Phi) is 11.0. The zero-order chi connectivity index (χ0) is 34.5. The zero-order valence-corrected chi connectivity index (χ0v) is 28.0. The van der Waals surface area contributed by atoms with E-state index in [1.165, 1.54) is 11.0 Å². The fraction of sp³-hybridized carbons (Fsp3) is 0.606. The van der Waals surface area contributed by atoms with Gasteiger partial charge in [-0.05, 0) is 69.1 Å². The molecule has 5 rings (SSSR count). The molecule has 262 valence electrons. The van der Waals surface area contributed by atoms with Crippen molar-refractivity contribution in [2.45, 2.75) is 107 Å². The molecule has 0 radical (unpaired) electrons. The van der Waals surface area contributed by atoms with E-state index in [1.54, 1.807) is 6.07 Å². The predicted molar refractivity (Wildman–Crippen MR) is 175 cm³/mol. The second-order valence-electron chi connectivity index (χ2n) is 13.1. The van der Waals surface area contributed by atoms with Crippen molar-refractivity contribution in [3.8, 4) is 0 Å². The van der Waals surface area contributed by atoms with E-state index < -0.39 is 74.8 Å². The summed E-state index contributed by atoms with van der Waals surface area (Å²) in [7, 11) is -3.89. The molecule has 2 saturated carbocycles. The van der Waals surface area contributed by atoms with Crippen LogP contribution in [-0.2, 0) is 40.3 Å². The second-order valence-corrected chi connectivity index (χ2v) is 15.0. The number of amides is 5. The van der Waals surface area contributed by atoms with Gasteiger partial charge in [0, 0.05) is 18.0 Å². The molecule has 1 aromatic carbocycles. The van der Waals surface area contributed by atoms with Crippen LogP contribution in [0.3, 0.4) is 0 Å². The van der Waals surface area contributed by atoms with Crippen LogP contribution in [-0.4, -0.2) is 85.4 Å². The maximum atomic E-state index is 14.1. The summed E-state index contributed by atoms with van der Waals surface area (Å²) in [4.78, 5) is 68.3. The van der Waals surface area contributed by atoms with Gasteiger partial charge in [-0.1, -0.05) is 38.0 Å². The van der Waals surface area contributed by atoms with E-state index in [0.29, 0.717) is 31.4 Å². The topological polar surface area (TPSA) is 189 Å². The van der Waals surface area contributed by atoms with Crippen LogP contribution in [0.1, 0.15) is 76.7 Å². The van der Waals surface area contributed by atoms with Crippen LogP contribution in [0.4, 0.5) is 15.3 Å². The Bertz CT molecular complexity index is 1530. The molecular weight excluding hydrogens is 642 g/mol. The highest BCUT2D eigenvalue weighted by molar-refractivity contribution is 7.91. The summed E-state index contributed by atoms with van der Waals surface area (Å²) in [6.45, 7) is 5.69. The third kappa shape index (κ3) is 8.47. The third-order valence-electron chi connectivity index (χ3n) is 9.32. The summed E-state index contributed by atoms with van der Waals surface area (Å²) in [6, 6.07) is 5.14. The predicted octanol–water partition coefficient (Wildman–Crippen LogP) is 2.89. The average Bonchev–Trinajstić information content (AvgIpc) is 3.97. The van der Waals surface area contributed by atoms with Gasteiger partial charge in [0.05, 0.1) is 18.4 Å². The van der Waals surface area contributed by atoms with E-state index in [4.69, 9.17) is 9.47 Å². The largest absolute Gasteiger partial charge is 0.450 e. The van der Waals surface area contributed by atoms with Gasteiger partial charge in [0.25, 0.3) is 5.91 Å². The molecule has 0 aromatic heterocycles. The van der Waals surface area contributed by atoms with Crippen LogP contribution in [0.15, 0.2) is 36.9 Å². The van der Waals surface area contributed by atoms with E-state index in [2.05, 4.69) is 27.3 Å². The van der Waals surface area contributed by atoms with Gasteiger partial charge in [-0.15, -0.1) is 6.58 Å². The van der Waals surface area contributed by atoms with E-state index in [1.807, 2.05) is 25.1 Å². The number of ether oxygens (including phenoxy) is 2. The van der Waals surface area contributed by atoms with Crippen molar-refractivity contribution in [2.75, 3.05) is 18.5 Å². The Morgan fingerprint density at radius 1 is 1.15 bits per heavy atom. The molecule has 0 spiro atoms. The summed E-state index contributed by atoms with van der Waals surface area (Å²) >= 11 is 0. The number of cyclic esters (lactones) is 1. The minimum Gasteiger partial charge on any atom is -0.450 e. The number of alkyl carbamates (subject to hydrolysis) is 1. The van der Waals surface area contributed by atoms with Gasteiger partial charge in [0.2, 0.25) is 21.8 Å². The number of fused-ring (bicyclic) bond motifs is 4. The summed E-state index contributed by atoms with van der Waals surface area (Å²) in [6.07, 6.45) is 4.66. The Labute approximate surface area is 280 Å². The summed E-state index contributed by atoms with van der Waals surface area (Å²) in [5.41, 5.74) is -0.0177. The fourth-order valence-electron chi connectivity index (χ4n) is 6.32. The Morgan fingerprint density at radius 3 is 2.65 bits per heavy atom. The zero-order valence-electron chi connectivity index (χ0n) is 27.2. The van der Waals surface area contributed by atoms with Crippen molar-refractivity contribution in [1.29, 1.82) is 0 Å². The Morgan fingerprint density at radius 2 is 1.94 bits per heavy atom. The Balaban J connectivity index is 1.38. The molecule has 2 heterocycles. The van der Waals surface area contributed by atoms with Crippen molar-refractivity contribution >= 4 is 45.6 Å². The van der Waals surface area contributed by atoms with E-state index in [9.17, 15) is 32.4 Å². The highest BCUT2D eigenvalue weighted by atomic mass is 32.2. The lowest BCUT2D eigenvalue weighted by Gasteiger charge is -2.29. The van der Waals surface area contributed by atoms with Crippen LogP contribution in [0.2, 0.25) is 0 Å². The molecule has 0 unspecified atom stereocenters. The number of anilines is 1. The first-order valence-electron chi connectivity index (χ1n) is 16.8. The number of sulfonamides is 1. The van der Waals surface area contributed by atoms with Gasteiger partial charge < -0.3 is 25.0 Å². The van der Waals surface area contributed by atoms with Crippen molar-refractivity contribution in [3.05, 3.63) is 42.5 Å². The number of hydrogen-bond donors (Lipinski definition) is 4. The molecule has 48 heavy (non-hydrogen) atoms. The molecule has 1 saturated heterocycles. The molecule has 14 nitrogen and oxygen atoms in total. The van der Waals surface area contributed by atoms with Crippen LogP contribution in [0.5, 0.6) is 0 Å². The molecule has 15 heteroatoms. The van der Waals surface area contributed by atoms with Crippen LogP contribution in [0.25, 0.3) is 0 Å². The first-order valence-corrected chi connectivity index (χ1v) is 18.3. The smallest absolute Gasteiger partial charge is 0.411 e. The van der Waals surface area contributed by atoms with Crippen molar-refractivity contribution < 1.29 is 41.9 Å². The lowest BCUT2D eigenvalue weighted by Crippen LogP contribution is -2.58. The quantitative estimate of drug-likeness (QED) is 0.283. The number of unbranched alkanes of at least 4 members (excludes halogenated alkanes) is 1. The monoisotopic (exact) mass is 687 g/mol. The molecular formula is C33H45N5O9S. The lowest BCUT2D eigenvalue weighted by atomic mass is 10.1.